The second kappa shape index (κ2) is 5.06. The van der Waals surface area contributed by atoms with Crippen LogP contribution in [0.5, 0.6) is 0 Å². The first-order valence-corrected chi connectivity index (χ1v) is 6.79. The summed E-state index contributed by atoms with van der Waals surface area (Å²) in [6.07, 6.45) is -3.28. The fourth-order valence-electron chi connectivity index (χ4n) is 3.14. The fourth-order valence-corrected chi connectivity index (χ4v) is 3.14. The second-order valence-electron chi connectivity index (χ2n) is 5.60. The molecular formula is C15H20F3N. The van der Waals surface area contributed by atoms with Gasteiger partial charge in [-0.15, -0.1) is 0 Å². The van der Waals surface area contributed by atoms with Crippen LogP contribution in [0, 0.1) is 11.8 Å². The average molecular weight is 271 g/mol. The molecule has 1 heterocycles. The van der Waals surface area contributed by atoms with Crippen LogP contribution in [-0.2, 0) is 6.18 Å². The summed E-state index contributed by atoms with van der Waals surface area (Å²) in [6, 6.07) is 4.04. The van der Waals surface area contributed by atoms with Crippen molar-refractivity contribution in [2.75, 3.05) is 11.9 Å². The van der Waals surface area contributed by atoms with Gasteiger partial charge in [-0.25, -0.2) is 0 Å². The molecule has 0 fully saturated rings. The van der Waals surface area contributed by atoms with Gasteiger partial charge in [-0.3, -0.25) is 0 Å². The van der Waals surface area contributed by atoms with Crippen molar-refractivity contribution < 1.29 is 13.2 Å². The van der Waals surface area contributed by atoms with Crippen LogP contribution in [0.2, 0.25) is 0 Å². The summed E-state index contributed by atoms with van der Waals surface area (Å²) in [5.74, 6) is 1.07. The van der Waals surface area contributed by atoms with Crippen molar-refractivity contribution in [2.45, 2.75) is 39.3 Å². The van der Waals surface area contributed by atoms with Crippen LogP contribution in [0.15, 0.2) is 18.2 Å². The fraction of sp³-hybridized carbons (Fsp3) is 0.600. The van der Waals surface area contributed by atoms with Crippen molar-refractivity contribution in [1.82, 2.24) is 0 Å². The Hall–Kier alpha value is -1.19. The molecule has 0 radical (unpaired) electrons. The Balaban J connectivity index is 2.37. The molecule has 0 saturated carbocycles. The third kappa shape index (κ3) is 2.72. The zero-order valence-electron chi connectivity index (χ0n) is 11.5. The SMILES string of the molecule is CCC(C(C)C)C1CNc2ccc(C(F)(F)F)cc21. The minimum Gasteiger partial charge on any atom is -0.384 e. The summed E-state index contributed by atoms with van der Waals surface area (Å²) in [5, 5.41) is 3.23. The van der Waals surface area contributed by atoms with Crippen LogP contribution >= 0.6 is 0 Å². The quantitative estimate of drug-likeness (QED) is 0.824. The van der Waals surface area contributed by atoms with Gasteiger partial charge in [0, 0.05) is 18.2 Å². The minimum atomic E-state index is -4.26. The first kappa shape index (κ1) is 14.2. The summed E-state index contributed by atoms with van der Waals surface area (Å²) in [5.41, 5.74) is 1.14. The average Bonchev–Trinajstić information content (AvgIpc) is 2.72. The molecule has 2 atom stereocenters. The van der Waals surface area contributed by atoms with E-state index in [1.54, 1.807) is 6.07 Å². The lowest BCUT2D eigenvalue weighted by atomic mass is 9.78. The number of fused-ring (bicyclic) bond motifs is 1. The van der Waals surface area contributed by atoms with E-state index in [4.69, 9.17) is 0 Å². The molecule has 0 bridgehead atoms. The number of hydrogen-bond donors (Lipinski definition) is 1. The van der Waals surface area contributed by atoms with E-state index in [1.807, 2.05) is 0 Å². The molecule has 0 aliphatic carbocycles. The predicted molar refractivity (Wildman–Crippen MR) is 71.3 cm³/mol. The van der Waals surface area contributed by atoms with Crippen molar-refractivity contribution >= 4 is 5.69 Å². The molecule has 0 saturated heterocycles. The number of benzene rings is 1. The van der Waals surface area contributed by atoms with E-state index >= 15 is 0 Å². The summed E-state index contributed by atoms with van der Waals surface area (Å²) in [6.45, 7) is 7.13. The molecule has 1 aliphatic rings. The van der Waals surface area contributed by atoms with Crippen LogP contribution in [-0.4, -0.2) is 6.54 Å². The number of anilines is 1. The summed E-state index contributed by atoms with van der Waals surface area (Å²) in [7, 11) is 0. The Labute approximate surface area is 112 Å². The van der Waals surface area contributed by atoms with E-state index < -0.39 is 11.7 Å². The van der Waals surface area contributed by atoms with Crippen molar-refractivity contribution in [3.05, 3.63) is 29.3 Å². The topological polar surface area (TPSA) is 12.0 Å². The van der Waals surface area contributed by atoms with Gasteiger partial charge in [-0.1, -0.05) is 27.2 Å². The number of halogens is 3. The van der Waals surface area contributed by atoms with Crippen molar-refractivity contribution in [3.63, 3.8) is 0 Å². The maximum absolute atomic E-state index is 12.8. The smallest absolute Gasteiger partial charge is 0.384 e. The first-order valence-electron chi connectivity index (χ1n) is 6.79. The van der Waals surface area contributed by atoms with E-state index in [-0.39, 0.29) is 5.92 Å². The van der Waals surface area contributed by atoms with Gasteiger partial charge in [0.25, 0.3) is 0 Å². The highest BCUT2D eigenvalue weighted by Gasteiger charge is 2.35. The van der Waals surface area contributed by atoms with E-state index in [2.05, 4.69) is 26.1 Å². The predicted octanol–water partition coefficient (Wildman–Crippen LogP) is 4.90. The molecule has 0 spiro atoms. The third-order valence-corrected chi connectivity index (χ3v) is 4.14. The van der Waals surface area contributed by atoms with Crippen LogP contribution in [0.1, 0.15) is 44.2 Å². The largest absolute Gasteiger partial charge is 0.416 e. The van der Waals surface area contributed by atoms with Gasteiger partial charge in [0.05, 0.1) is 5.56 Å². The molecule has 0 amide bonds. The zero-order chi connectivity index (χ0) is 14.2. The lowest BCUT2D eigenvalue weighted by molar-refractivity contribution is -0.137. The first-order chi connectivity index (χ1) is 8.84. The molecule has 0 aromatic heterocycles. The Morgan fingerprint density at radius 1 is 1.32 bits per heavy atom. The normalized spacial score (nSPS) is 20.3. The summed E-state index contributed by atoms with van der Waals surface area (Å²) in [4.78, 5) is 0. The maximum atomic E-state index is 12.8. The van der Waals surface area contributed by atoms with Crippen LogP contribution < -0.4 is 5.32 Å². The van der Waals surface area contributed by atoms with Gasteiger partial charge >= 0.3 is 6.18 Å². The zero-order valence-corrected chi connectivity index (χ0v) is 11.5. The van der Waals surface area contributed by atoms with Gasteiger partial charge in [0.1, 0.15) is 0 Å². The van der Waals surface area contributed by atoms with Crippen LogP contribution in [0.25, 0.3) is 0 Å². The molecule has 19 heavy (non-hydrogen) atoms. The second-order valence-corrected chi connectivity index (χ2v) is 5.60. The van der Waals surface area contributed by atoms with E-state index in [0.29, 0.717) is 11.8 Å². The number of alkyl halides is 3. The van der Waals surface area contributed by atoms with Gasteiger partial charge in [0.2, 0.25) is 0 Å². The van der Waals surface area contributed by atoms with Crippen LogP contribution in [0.3, 0.4) is 0 Å². The number of nitrogens with one attached hydrogen (secondary N) is 1. The Morgan fingerprint density at radius 2 is 2.00 bits per heavy atom. The van der Waals surface area contributed by atoms with E-state index in [1.165, 1.54) is 6.07 Å². The molecule has 1 N–H and O–H groups in total. The van der Waals surface area contributed by atoms with Crippen molar-refractivity contribution in [2.24, 2.45) is 11.8 Å². The van der Waals surface area contributed by atoms with Gasteiger partial charge < -0.3 is 5.32 Å². The molecule has 1 aliphatic heterocycles. The molecular weight excluding hydrogens is 251 g/mol. The Bertz CT molecular complexity index is 451. The molecule has 2 rings (SSSR count). The van der Waals surface area contributed by atoms with E-state index in [9.17, 15) is 13.2 Å². The Morgan fingerprint density at radius 3 is 2.53 bits per heavy atom. The molecule has 1 nitrogen and oxygen atoms in total. The lowest BCUT2D eigenvalue weighted by Crippen LogP contribution is -2.19. The lowest BCUT2D eigenvalue weighted by Gasteiger charge is -2.26. The molecule has 1 aromatic rings. The Kier molecular flexibility index (Phi) is 3.79. The van der Waals surface area contributed by atoms with Gasteiger partial charge in [0.15, 0.2) is 0 Å². The summed E-state index contributed by atoms with van der Waals surface area (Å²) >= 11 is 0. The van der Waals surface area contributed by atoms with Crippen LogP contribution in [0.4, 0.5) is 18.9 Å². The maximum Gasteiger partial charge on any atom is 0.416 e. The minimum absolute atomic E-state index is 0.183. The third-order valence-electron chi connectivity index (χ3n) is 4.14. The monoisotopic (exact) mass is 271 g/mol. The van der Waals surface area contributed by atoms with Gasteiger partial charge in [-0.05, 0) is 35.6 Å². The highest BCUT2D eigenvalue weighted by Crippen LogP contribution is 2.43. The highest BCUT2D eigenvalue weighted by atomic mass is 19.4. The van der Waals surface area contributed by atoms with Gasteiger partial charge in [-0.2, -0.15) is 13.2 Å². The number of rotatable bonds is 3. The highest BCUT2D eigenvalue weighted by molar-refractivity contribution is 5.59. The molecule has 4 heteroatoms. The molecule has 1 aromatic carbocycles. The van der Waals surface area contributed by atoms with Crippen molar-refractivity contribution in [3.8, 4) is 0 Å². The molecule has 106 valence electrons. The standard InChI is InChI=1S/C15H20F3N/c1-4-11(9(2)3)13-8-19-14-6-5-10(7-12(13)14)15(16,17)18/h5-7,9,11,13,19H,4,8H2,1-3H3. The van der Waals surface area contributed by atoms with Crippen molar-refractivity contribution in [1.29, 1.82) is 0 Å². The number of hydrogen-bond acceptors (Lipinski definition) is 1. The summed E-state index contributed by atoms with van der Waals surface area (Å²) < 4.78 is 38.4. The van der Waals surface area contributed by atoms with E-state index in [0.717, 1.165) is 30.3 Å². The molecule has 2 unspecified atom stereocenters.